The smallest absolute Gasteiger partial charge is 0.0528 e. The van der Waals surface area contributed by atoms with Crippen molar-refractivity contribution in [3.8, 4) is 0 Å². The maximum absolute atomic E-state index is 3.14. The van der Waals surface area contributed by atoms with E-state index in [2.05, 4.69) is 6.08 Å². The van der Waals surface area contributed by atoms with Gasteiger partial charge in [0.1, 0.15) is 0 Å². The van der Waals surface area contributed by atoms with Gasteiger partial charge in [-0.1, -0.05) is 18.2 Å². The zero-order valence-corrected chi connectivity index (χ0v) is 6.07. The van der Waals surface area contributed by atoms with Gasteiger partial charge < -0.3 is 4.90 Å². The Bertz CT molecular complexity index is 290. The van der Waals surface area contributed by atoms with E-state index in [0.717, 1.165) is 5.70 Å². The monoisotopic (exact) mass is 142 g/mol. The Morgan fingerprint density at radius 3 is 2.73 bits per heavy atom. The minimum Gasteiger partial charge on any atom is -0.323 e. The van der Waals surface area contributed by atoms with Gasteiger partial charge in [0.2, 0.25) is 0 Å². The third-order valence-corrected chi connectivity index (χ3v) is 1.58. The first-order valence-electron chi connectivity index (χ1n) is 3.57. The number of allylic oxidation sites excluding steroid dienone is 7. The van der Waals surface area contributed by atoms with Crippen LogP contribution in [0.25, 0.3) is 0 Å². The largest absolute Gasteiger partial charge is 0.323 e. The van der Waals surface area contributed by atoms with Crippen molar-refractivity contribution in [1.82, 2.24) is 4.90 Å². The zero-order chi connectivity index (χ0) is 7.52. The summed E-state index contributed by atoms with van der Waals surface area (Å²) in [7, 11) is 0. The molecule has 0 atom stereocenters. The summed E-state index contributed by atoms with van der Waals surface area (Å²) in [5.41, 5.74) is 1.08. The summed E-state index contributed by atoms with van der Waals surface area (Å²) in [5.74, 6) is 0. The highest BCUT2D eigenvalue weighted by atomic mass is 15.1. The van der Waals surface area contributed by atoms with Crippen LogP contribution in [0.4, 0.5) is 0 Å². The van der Waals surface area contributed by atoms with E-state index in [9.17, 15) is 0 Å². The van der Waals surface area contributed by atoms with Gasteiger partial charge in [0.25, 0.3) is 0 Å². The minimum absolute atomic E-state index is 1.08. The van der Waals surface area contributed by atoms with E-state index in [0.29, 0.717) is 0 Å². The van der Waals surface area contributed by atoms with Crippen LogP contribution in [-0.2, 0) is 0 Å². The van der Waals surface area contributed by atoms with E-state index >= 15 is 0 Å². The van der Waals surface area contributed by atoms with Gasteiger partial charge in [0.05, 0.1) is 5.70 Å². The predicted octanol–water partition coefficient (Wildman–Crippen LogP) is 2.14. The number of rotatable bonds is 0. The lowest BCUT2D eigenvalue weighted by Gasteiger charge is -2.17. The van der Waals surface area contributed by atoms with Crippen molar-refractivity contribution in [2.75, 3.05) is 0 Å². The normalized spacial score (nSPS) is 19.6. The summed E-state index contributed by atoms with van der Waals surface area (Å²) < 4.78 is 0. The highest BCUT2D eigenvalue weighted by molar-refractivity contribution is 5.32. The van der Waals surface area contributed by atoms with Gasteiger partial charge in [0, 0.05) is 18.5 Å². The fourth-order valence-electron chi connectivity index (χ4n) is 1.04. The molecule has 2 heterocycles. The molecule has 0 N–H and O–H groups in total. The Morgan fingerprint density at radius 2 is 1.82 bits per heavy atom. The van der Waals surface area contributed by atoms with Crippen LogP contribution in [-0.4, -0.2) is 4.90 Å². The van der Waals surface area contributed by atoms with Gasteiger partial charge in [0.15, 0.2) is 0 Å². The van der Waals surface area contributed by atoms with Crippen molar-refractivity contribution in [3.63, 3.8) is 0 Å². The van der Waals surface area contributed by atoms with Crippen molar-refractivity contribution >= 4 is 0 Å². The van der Waals surface area contributed by atoms with Crippen LogP contribution in [0.5, 0.6) is 0 Å². The average Bonchev–Trinajstić information content (AvgIpc) is 2.28. The summed E-state index contributed by atoms with van der Waals surface area (Å²) in [4.78, 5) is 2.03. The van der Waals surface area contributed by atoms with E-state index in [1.165, 1.54) is 0 Å². The van der Waals surface area contributed by atoms with Gasteiger partial charge >= 0.3 is 0 Å². The molecule has 1 heteroatoms. The third-order valence-electron chi connectivity index (χ3n) is 1.58. The van der Waals surface area contributed by atoms with Crippen LogP contribution in [0.3, 0.4) is 0 Å². The number of nitrogens with zero attached hydrogens (tertiary/aromatic N) is 1. The molecule has 0 aliphatic carbocycles. The molecule has 0 aromatic carbocycles. The molecule has 2 aliphatic heterocycles. The van der Waals surface area contributed by atoms with E-state index in [1.807, 2.05) is 53.8 Å². The Morgan fingerprint density at radius 1 is 1.00 bits per heavy atom. The topological polar surface area (TPSA) is 3.24 Å². The average molecular weight is 142 g/mol. The van der Waals surface area contributed by atoms with Crippen LogP contribution in [0, 0.1) is 6.08 Å². The summed E-state index contributed by atoms with van der Waals surface area (Å²) in [6.07, 6.45) is 19.1. The summed E-state index contributed by atoms with van der Waals surface area (Å²) in [6, 6.07) is 0. The second-order valence-electron chi connectivity index (χ2n) is 2.34. The molecule has 0 bridgehead atoms. The Hall–Kier alpha value is -1.50. The molecule has 1 nitrogen and oxygen atoms in total. The summed E-state index contributed by atoms with van der Waals surface area (Å²) in [5, 5.41) is 0. The van der Waals surface area contributed by atoms with Crippen LogP contribution in [0.15, 0.2) is 54.6 Å². The lowest BCUT2D eigenvalue weighted by molar-refractivity contribution is 0.644. The van der Waals surface area contributed by atoms with Gasteiger partial charge in [-0.2, -0.15) is 0 Å². The number of hydrogen-bond acceptors (Lipinski definition) is 1. The van der Waals surface area contributed by atoms with Crippen molar-refractivity contribution < 1.29 is 0 Å². The molecule has 0 aromatic heterocycles. The first-order valence-corrected chi connectivity index (χ1v) is 3.57. The van der Waals surface area contributed by atoms with E-state index in [-0.39, 0.29) is 0 Å². The maximum atomic E-state index is 3.14. The van der Waals surface area contributed by atoms with E-state index in [1.54, 1.807) is 0 Å². The molecular formula is C10H8N. The lowest BCUT2D eigenvalue weighted by atomic mass is 10.3. The van der Waals surface area contributed by atoms with Crippen LogP contribution >= 0.6 is 0 Å². The second-order valence-corrected chi connectivity index (χ2v) is 2.34. The molecule has 0 unspecified atom stereocenters. The van der Waals surface area contributed by atoms with Gasteiger partial charge in [-0.3, -0.25) is 0 Å². The highest BCUT2D eigenvalue weighted by Gasteiger charge is 2.02. The Labute approximate surface area is 66.3 Å². The van der Waals surface area contributed by atoms with Crippen molar-refractivity contribution in [2.24, 2.45) is 0 Å². The van der Waals surface area contributed by atoms with Crippen molar-refractivity contribution in [3.05, 3.63) is 60.6 Å². The lowest BCUT2D eigenvalue weighted by Crippen LogP contribution is -2.08. The van der Waals surface area contributed by atoms with Gasteiger partial charge in [-0.15, -0.1) is 0 Å². The first kappa shape index (κ1) is 6.23. The number of hydrogen-bond donors (Lipinski definition) is 0. The van der Waals surface area contributed by atoms with Crippen molar-refractivity contribution in [2.45, 2.75) is 0 Å². The van der Waals surface area contributed by atoms with Gasteiger partial charge in [-0.25, -0.2) is 0 Å². The molecule has 0 saturated carbocycles. The molecule has 11 heavy (non-hydrogen) atoms. The minimum atomic E-state index is 1.08. The van der Waals surface area contributed by atoms with Gasteiger partial charge in [-0.05, 0) is 18.2 Å². The zero-order valence-electron chi connectivity index (χ0n) is 6.07. The first-order chi connectivity index (χ1) is 5.47. The molecule has 0 saturated heterocycles. The molecular weight excluding hydrogens is 134 g/mol. The third kappa shape index (κ3) is 1.17. The van der Waals surface area contributed by atoms with Crippen LogP contribution in [0.1, 0.15) is 0 Å². The number of fused-ring (bicyclic) bond motifs is 1. The van der Waals surface area contributed by atoms with Crippen LogP contribution < -0.4 is 0 Å². The molecule has 0 aromatic rings. The summed E-state index contributed by atoms with van der Waals surface area (Å²) in [6.45, 7) is 0. The molecule has 0 fully saturated rings. The molecule has 53 valence electrons. The predicted molar refractivity (Wildman–Crippen MR) is 45.2 cm³/mol. The molecule has 0 spiro atoms. The summed E-state index contributed by atoms with van der Waals surface area (Å²) >= 11 is 0. The van der Waals surface area contributed by atoms with Crippen LogP contribution in [0.2, 0.25) is 0 Å². The quantitative estimate of drug-likeness (QED) is 0.501. The standard InChI is InChI=1S/C10H8N/c1-2-6-10-7-3-5-9-11(10)8-4-1/h1-5,7-9H. The van der Waals surface area contributed by atoms with E-state index < -0.39 is 0 Å². The van der Waals surface area contributed by atoms with Crippen molar-refractivity contribution in [1.29, 1.82) is 0 Å². The second kappa shape index (κ2) is 2.62. The maximum Gasteiger partial charge on any atom is 0.0528 e. The SMILES string of the molecule is [C]1=C2C=CC=CN2C=CC=C1. The van der Waals surface area contributed by atoms with E-state index in [4.69, 9.17) is 0 Å². The Kier molecular flexibility index (Phi) is 1.48. The highest BCUT2D eigenvalue weighted by Crippen LogP contribution is 2.13. The fraction of sp³-hybridized carbons (Fsp3) is 0. The molecule has 2 aliphatic rings. The molecule has 1 radical (unpaired) electrons. The fourth-order valence-corrected chi connectivity index (χ4v) is 1.04. The molecule has 0 amide bonds. The molecule has 2 rings (SSSR count). The Balaban J connectivity index is 2.39.